The molecule has 2 aromatic heterocycles. The van der Waals surface area contributed by atoms with Crippen LogP contribution in [-0.4, -0.2) is 54.4 Å². The number of hydrogen-bond donors (Lipinski definition) is 3. The number of nitrogens with one attached hydrogen (secondary N) is 3. The number of sulfonamides is 1. The Morgan fingerprint density at radius 3 is 2.58 bits per heavy atom. The van der Waals surface area contributed by atoms with Crippen LogP contribution in [0.4, 0.5) is 24.7 Å². The third kappa shape index (κ3) is 6.59. The van der Waals surface area contributed by atoms with Gasteiger partial charge in [-0.05, 0) is 50.1 Å². The largest absolute Gasteiger partial charge is 0.436 e. The molecular weight excluding hydrogens is 545 g/mol. The number of alkyl halides is 3. The highest BCUT2D eigenvalue weighted by atomic mass is 32.2. The van der Waals surface area contributed by atoms with E-state index in [-0.39, 0.29) is 17.6 Å². The Kier molecular flexibility index (Phi) is 7.76. The third-order valence-electron chi connectivity index (χ3n) is 6.35. The number of halogens is 3. The molecule has 0 bridgehead atoms. The lowest BCUT2D eigenvalue weighted by atomic mass is 10.0. The summed E-state index contributed by atoms with van der Waals surface area (Å²) in [5, 5.41) is 7.67. The SMILES string of the molecule is Cc1cc(NS(=O)(=O)CC(F)(F)F)c2ccccc2c1Oc1nccnc1-c1ccnc(NC2CCCNC2)c1. The number of ether oxygens (including phenoxy) is 1. The van der Waals surface area contributed by atoms with Gasteiger partial charge in [0.15, 0.2) is 5.75 Å². The molecule has 9 nitrogen and oxygen atoms in total. The zero-order valence-electron chi connectivity index (χ0n) is 21.5. The smallest absolute Gasteiger partial charge is 0.404 e. The lowest BCUT2D eigenvalue weighted by Gasteiger charge is -2.24. The molecular formula is C27H27F3N6O3S. The quantitative estimate of drug-likeness (QED) is 0.262. The molecule has 1 fully saturated rings. The summed E-state index contributed by atoms with van der Waals surface area (Å²) >= 11 is 0. The van der Waals surface area contributed by atoms with E-state index < -0.39 is 22.0 Å². The number of piperidine rings is 1. The highest BCUT2D eigenvalue weighted by Gasteiger charge is 2.35. The van der Waals surface area contributed by atoms with E-state index >= 15 is 0 Å². The van der Waals surface area contributed by atoms with Gasteiger partial charge >= 0.3 is 6.18 Å². The van der Waals surface area contributed by atoms with E-state index in [1.807, 2.05) is 6.07 Å². The molecule has 210 valence electrons. The molecule has 2 aromatic carbocycles. The molecule has 0 amide bonds. The van der Waals surface area contributed by atoms with Crippen LogP contribution in [0.1, 0.15) is 18.4 Å². The van der Waals surface area contributed by atoms with Crippen LogP contribution in [-0.2, 0) is 10.0 Å². The molecule has 3 heterocycles. The van der Waals surface area contributed by atoms with E-state index in [0.717, 1.165) is 31.5 Å². The van der Waals surface area contributed by atoms with Gasteiger partial charge in [-0.3, -0.25) is 4.72 Å². The van der Waals surface area contributed by atoms with E-state index in [9.17, 15) is 21.6 Å². The average molecular weight is 573 g/mol. The van der Waals surface area contributed by atoms with Crippen molar-refractivity contribution in [3.8, 4) is 22.9 Å². The number of benzene rings is 2. The van der Waals surface area contributed by atoms with Crippen LogP contribution in [0, 0.1) is 6.92 Å². The summed E-state index contributed by atoms with van der Waals surface area (Å²) in [6, 6.07) is 12.0. The van der Waals surface area contributed by atoms with E-state index in [0.29, 0.717) is 33.6 Å². The number of aromatic nitrogens is 3. The molecule has 1 atom stereocenters. The molecule has 5 rings (SSSR count). The van der Waals surface area contributed by atoms with Gasteiger partial charge in [0.1, 0.15) is 17.3 Å². The Bertz CT molecular complexity index is 1630. The van der Waals surface area contributed by atoms with Crippen LogP contribution in [0.3, 0.4) is 0 Å². The first-order valence-electron chi connectivity index (χ1n) is 12.6. The Morgan fingerprint density at radius 2 is 1.82 bits per heavy atom. The zero-order chi connectivity index (χ0) is 28.3. The highest BCUT2D eigenvalue weighted by molar-refractivity contribution is 7.92. The summed E-state index contributed by atoms with van der Waals surface area (Å²) in [4.78, 5) is 13.3. The summed E-state index contributed by atoms with van der Waals surface area (Å²) in [5.41, 5.74) is 1.70. The molecule has 0 aliphatic carbocycles. The van der Waals surface area contributed by atoms with Crippen LogP contribution in [0.15, 0.2) is 61.1 Å². The maximum absolute atomic E-state index is 12.8. The van der Waals surface area contributed by atoms with Gasteiger partial charge in [0.05, 0.1) is 5.69 Å². The normalized spacial score (nSPS) is 16.1. The number of hydrogen-bond acceptors (Lipinski definition) is 8. The second kappa shape index (κ2) is 11.3. The second-order valence-electron chi connectivity index (χ2n) is 9.52. The maximum Gasteiger partial charge on any atom is 0.404 e. The fourth-order valence-electron chi connectivity index (χ4n) is 4.66. The third-order valence-corrected chi connectivity index (χ3v) is 7.58. The summed E-state index contributed by atoms with van der Waals surface area (Å²) in [7, 11) is -4.68. The topological polar surface area (TPSA) is 118 Å². The lowest BCUT2D eigenvalue weighted by Crippen LogP contribution is -2.38. The van der Waals surface area contributed by atoms with Crippen LogP contribution < -0.4 is 20.1 Å². The van der Waals surface area contributed by atoms with Gasteiger partial charge in [-0.15, -0.1) is 0 Å². The van der Waals surface area contributed by atoms with Crippen molar-refractivity contribution in [3.63, 3.8) is 0 Å². The molecule has 1 aliphatic rings. The number of pyridine rings is 1. The van der Waals surface area contributed by atoms with Crippen LogP contribution in [0.2, 0.25) is 0 Å². The average Bonchev–Trinajstić information content (AvgIpc) is 2.90. The van der Waals surface area contributed by atoms with Gasteiger partial charge in [0, 0.05) is 47.5 Å². The first-order chi connectivity index (χ1) is 19.1. The molecule has 1 unspecified atom stereocenters. The molecule has 1 aliphatic heterocycles. The number of nitrogens with zero attached hydrogens (tertiary/aromatic N) is 3. The molecule has 3 N–H and O–H groups in total. The number of rotatable bonds is 8. The van der Waals surface area contributed by atoms with Crippen LogP contribution in [0.25, 0.3) is 22.0 Å². The molecule has 1 saturated heterocycles. The lowest BCUT2D eigenvalue weighted by molar-refractivity contribution is -0.106. The van der Waals surface area contributed by atoms with Gasteiger partial charge in [-0.2, -0.15) is 13.2 Å². The minimum Gasteiger partial charge on any atom is -0.436 e. The minimum atomic E-state index is -4.88. The van der Waals surface area contributed by atoms with Crippen LogP contribution in [0.5, 0.6) is 11.6 Å². The minimum absolute atomic E-state index is 0.0196. The van der Waals surface area contributed by atoms with Crippen molar-refractivity contribution in [2.45, 2.75) is 32.0 Å². The first kappa shape index (κ1) is 27.6. The predicted molar refractivity (Wildman–Crippen MR) is 147 cm³/mol. The van der Waals surface area contributed by atoms with Crippen molar-refractivity contribution < 1.29 is 26.3 Å². The molecule has 0 radical (unpaired) electrons. The molecule has 4 aromatic rings. The zero-order valence-corrected chi connectivity index (χ0v) is 22.3. The van der Waals surface area contributed by atoms with Crippen molar-refractivity contribution in [1.82, 2.24) is 20.3 Å². The van der Waals surface area contributed by atoms with Crippen molar-refractivity contribution >= 4 is 32.3 Å². The van der Waals surface area contributed by atoms with Crippen molar-refractivity contribution in [2.75, 3.05) is 28.9 Å². The van der Waals surface area contributed by atoms with Crippen molar-refractivity contribution in [2.24, 2.45) is 0 Å². The first-order valence-corrected chi connectivity index (χ1v) is 14.3. The Hall–Kier alpha value is -3.97. The van der Waals surface area contributed by atoms with E-state index in [1.165, 1.54) is 12.3 Å². The van der Waals surface area contributed by atoms with Gasteiger partial charge in [-0.25, -0.2) is 23.4 Å². The fourth-order valence-corrected chi connectivity index (χ4v) is 5.67. The van der Waals surface area contributed by atoms with Crippen molar-refractivity contribution in [1.29, 1.82) is 0 Å². The Morgan fingerprint density at radius 1 is 1.05 bits per heavy atom. The predicted octanol–water partition coefficient (Wildman–Crippen LogP) is 5.26. The van der Waals surface area contributed by atoms with Crippen molar-refractivity contribution in [3.05, 3.63) is 66.6 Å². The number of anilines is 2. The fraction of sp³-hybridized carbons (Fsp3) is 0.296. The number of aryl methyl sites for hydroxylation is 1. The standard InChI is InChI=1S/C27H27F3N6O3S/c1-17-13-22(36-40(37,38)16-27(28,29)30)20-6-2-3-7-21(20)25(17)39-26-24(33-11-12-34-26)18-8-10-32-23(14-18)35-19-5-4-9-31-15-19/h2-3,6-8,10-14,19,31,36H,4-5,9,15-16H2,1H3,(H,32,35). The van der Waals surface area contributed by atoms with Gasteiger partial charge < -0.3 is 15.4 Å². The summed E-state index contributed by atoms with van der Waals surface area (Å²) < 4.78 is 71.2. The summed E-state index contributed by atoms with van der Waals surface area (Å²) in [6.07, 6.45) is 1.95. The van der Waals surface area contributed by atoms with Gasteiger partial charge in [-0.1, -0.05) is 24.3 Å². The molecule has 0 saturated carbocycles. The second-order valence-corrected chi connectivity index (χ2v) is 11.2. The van der Waals surface area contributed by atoms with E-state index in [4.69, 9.17) is 4.74 Å². The summed E-state index contributed by atoms with van der Waals surface area (Å²) in [6.45, 7) is 3.52. The van der Waals surface area contributed by atoms with E-state index in [2.05, 4.69) is 30.3 Å². The van der Waals surface area contributed by atoms with E-state index in [1.54, 1.807) is 49.6 Å². The highest BCUT2D eigenvalue weighted by Crippen LogP contribution is 2.40. The monoisotopic (exact) mass is 572 g/mol. The number of fused-ring (bicyclic) bond motifs is 1. The van der Waals surface area contributed by atoms with Gasteiger partial charge in [0.2, 0.25) is 15.9 Å². The van der Waals surface area contributed by atoms with Gasteiger partial charge in [0.25, 0.3) is 0 Å². The maximum atomic E-state index is 12.8. The Balaban J connectivity index is 1.48. The molecule has 40 heavy (non-hydrogen) atoms. The van der Waals surface area contributed by atoms with Crippen LogP contribution >= 0.6 is 0 Å². The summed E-state index contributed by atoms with van der Waals surface area (Å²) in [5.74, 6) is -0.719. The Labute approximate surface area is 229 Å². The molecule has 0 spiro atoms. The molecule has 13 heteroatoms.